The largest absolute Gasteiger partial charge is 0.384 e. The summed E-state index contributed by atoms with van der Waals surface area (Å²) in [5.41, 5.74) is 9.82. The molecule has 1 fully saturated rings. The fourth-order valence-electron chi connectivity index (χ4n) is 4.28. The smallest absolute Gasteiger partial charge is 0.272 e. The Bertz CT molecular complexity index is 1270. The summed E-state index contributed by atoms with van der Waals surface area (Å²) in [6.07, 6.45) is 4.29. The normalized spacial score (nSPS) is 16.5. The van der Waals surface area contributed by atoms with Crippen molar-refractivity contribution in [2.45, 2.75) is 6.42 Å². The number of nitrogens with zero attached hydrogens (tertiary/aromatic N) is 4. The molecule has 166 valence electrons. The Hall–Kier alpha value is -3.84. The standard InChI is InChI=1S/C26H25N5O2/c27-25-10-9-20(15-29-25)22-6-2-8-24(30-22)26(32)31-12-13-33-17-18(16-31)14-19-4-1-7-23-21(19)5-3-11-28-23/h1-11,15,18H,12-14,16-17H2,(H2,27,29). The molecule has 1 aliphatic heterocycles. The molecular weight excluding hydrogens is 414 g/mol. The van der Waals surface area contributed by atoms with Crippen LogP contribution in [-0.2, 0) is 11.2 Å². The molecule has 0 aliphatic carbocycles. The predicted octanol–water partition coefficient (Wildman–Crippen LogP) is 3.61. The second kappa shape index (κ2) is 9.34. The summed E-state index contributed by atoms with van der Waals surface area (Å²) >= 11 is 0. The van der Waals surface area contributed by atoms with Crippen LogP contribution >= 0.6 is 0 Å². The molecule has 5 rings (SSSR count). The lowest BCUT2D eigenvalue weighted by molar-refractivity contribution is 0.0731. The quantitative estimate of drug-likeness (QED) is 0.522. The molecule has 0 spiro atoms. The Labute approximate surface area is 192 Å². The number of carbonyl (C=O) groups excluding carboxylic acids is 1. The lowest BCUT2D eigenvalue weighted by atomic mass is 9.96. The van der Waals surface area contributed by atoms with Crippen molar-refractivity contribution >= 4 is 22.6 Å². The van der Waals surface area contributed by atoms with Crippen LogP contribution in [0.3, 0.4) is 0 Å². The molecule has 0 radical (unpaired) electrons. The minimum atomic E-state index is -0.0876. The molecule has 4 heterocycles. The maximum Gasteiger partial charge on any atom is 0.272 e. The van der Waals surface area contributed by atoms with Crippen LogP contribution < -0.4 is 5.73 Å². The van der Waals surface area contributed by atoms with Crippen molar-refractivity contribution in [1.82, 2.24) is 19.9 Å². The number of carbonyl (C=O) groups is 1. The lowest BCUT2D eigenvalue weighted by Crippen LogP contribution is -2.37. The molecular formula is C26H25N5O2. The van der Waals surface area contributed by atoms with Gasteiger partial charge in [-0.1, -0.05) is 24.3 Å². The van der Waals surface area contributed by atoms with Gasteiger partial charge in [0.2, 0.25) is 0 Å². The zero-order chi connectivity index (χ0) is 22.6. The first-order valence-electron chi connectivity index (χ1n) is 11.1. The third kappa shape index (κ3) is 4.68. The first-order valence-corrected chi connectivity index (χ1v) is 11.1. The average molecular weight is 440 g/mol. The van der Waals surface area contributed by atoms with Crippen molar-refractivity contribution in [3.05, 3.63) is 84.3 Å². The van der Waals surface area contributed by atoms with Crippen molar-refractivity contribution in [3.63, 3.8) is 0 Å². The molecule has 1 saturated heterocycles. The van der Waals surface area contributed by atoms with Gasteiger partial charge in [0.15, 0.2) is 0 Å². The Morgan fingerprint density at radius 2 is 1.97 bits per heavy atom. The summed E-state index contributed by atoms with van der Waals surface area (Å²) in [4.78, 5) is 28.4. The van der Waals surface area contributed by atoms with Gasteiger partial charge in [0.05, 0.1) is 24.4 Å². The molecule has 7 nitrogen and oxygen atoms in total. The van der Waals surface area contributed by atoms with E-state index in [2.05, 4.69) is 27.1 Å². The number of nitrogen functional groups attached to an aromatic ring is 1. The van der Waals surface area contributed by atoms with Gasteiger partial charge in [-0.25, -0.2) is 9.97 Å². The average Bonchev–Trinajstić information content (AvgIpc) is 3.10. The highest BCUT2D eigenvalue weighted by atomic mass is 16.5. The van der Waals surface area contributed by atoms with E-state index in [1.807, 2.05) is 47.5 Å². The molecule has 4 aromatic rings. The molecule has 2 N–H and O–H groups in total. The van der Waals surface area contributed by atoms with E-state index in [9.17, 15) is 4.79 Å². The number of hydrogen-bond acceptors (Lipinski definition) is 6. The van der Waals surface area contributed by atoms with Crippen molar-refractivity contribution < 1.29 is 9.53 Å². The molecule has 0 bridgehead atoms. The minimum absolute atomic E-state index is 0.0876. The topological polar surface area (TPSA) is 94.2 Å². The Kier molecular flexibility index (Phi) is 5.95. The summed E-state index contributed by atoms with van der Waals surface area (Å²) in [6.45, 7) is 2.29. The number of benzene rings is 1. The van der Waals surface area contributed by atoms with Crippen LogP contribution in [0.25, 0.3) is 22.2 Å². The third-order valence-electron chi connectivity index (χ3n) is 5.92. The maximum atomic E-state index is 13.4. The number of aromatic nitrogens is 3. The Balaban J connectivity index is 1.35. The van der Waals surface area contributed by atoms with E-state index in [0.717, 1.165) is 22.9 Å². The first kappa shape index (κ1) is 21.0. The highest BCUT2D eigenvalue weighted by Crippen LogP contribution is 2.23. The van der Waals surface area contributed by atoms with Gasteiger partial charge in [-0.3, -0.25) is 9.78 Å². The second-order valence-electron chi connectivity index (χ2n) is 8.26. The molecule has 1 aromatic carbocycles. The molecule has 1 aliphatic rings. The van der Waals surface area contributed by atoms with Gasteiger partial charge in [-0.15, -0.1) is 0 Å². The van der Waals surface area contributed by atoms with Crippen molar-refractivity contribution in [1.29, 1.82) is 0 Å². The first-order chi connectivity index (χ1) is 16.2. The molecule has 1 amide bonds. The molecule has 7 heteroatoms. The monoisotopic (exact) mass is 439 g/mol. The van der Waals surface area contributed by atoms with Gasteiger partial charge >= 0.3 is 0 Å². The number of pyridine rings is 3. The van der Waals surface area contributed by atoms with E-state index in [1.54, 1.807) is 18.3 Å². The highest BCUT2D eigenvalue weighted by molar-refractivity contribution is 5.93. The van der Waals surface area contributed by atoms with E-state index >= 15 is 0 Å². The van der Waals surface area contributed by atoms with E-state index in [0.29, 0.717) is 43.5 Å². The second-order valence-corrected chi connectivity index (χ2v) is 8.26. The fourth-order valence-corrected chi connectivity index (χ4v) is 4.28. The van der Waals surface area contributed by atoms with E-state index in [1.165, 1.54) is 5.56 Å². The van der Waals surface area contributed by atoms with E-state index < -0.39 is 0 Å². The van der Waals surface area contributed by atoms with Crippen LogP contribution in [0.2, 0.25) is 0 Å². The Morgan fingerprint density at radius 3 is 2.85 bits per heavy atom. The van der Waals surface area contributed by atoms with E-state index in [-0.39, 0.29) is 11.8 Å². The van der Waals surface area contributed by atoms with Crippen LogP contribution in [0.5, 0.6) is 0 Å². The number of hydrogen-bond donors (Lipinski definition) is 1. The predicted molar refractivity (Wildman–Crippen MR) is 128 cm³/mol. The van der Waals surface area contributed by atoms with Gasteiger partial charge < -0.3 is 15.4 Å². The summed E-state index contributed by atoms with van der Waals surface area (Å²) < 4.78 is 5.86. The van der Waals surface area contributed by atoms with Crippen LogP contribution in [0.1, 0.15) is 16.1 Å². The molecule has 1 atom stereocenters. The SMILES string of the molecule is Nc1ccc(-c2cccc(C(=O)N3CCOCC(Cc4cccc5ncccc45)C3)n2)cn1. The van der Waals surface area contributed by atoms with Gasteiger partial charge in [0, 0.05) is 42.4 Å². The number of amides is 1. The minimum Gasteiger partial charge on any atom is -0.384 e. The summed E-state index contributed by atoms with van der Waals surface area (Å²) in [7, 11) is 0. The van der Waals surface area contributed by atoms with Crippen molar-refractivity contribution in [2.24, 2.45) is 5.92 Å². The van der Waals surface area contributed by atoms with Crippen molar-refractivity contribution in [3.8, 4) is 11.3 Å². The van der Waals surface area contributed by atoms with Crippen LogP contribution in [0.15, 0.2) is 73.1 Å². The van der Waals surface area contributed by atoms with Crippen molar-refractivity contribution in [2.75, 3.05) is 32.0 Å². The fraction of sp³-hybridized carbons (Fsp3) is 0.231. The maximum absolute atomic E-state index is 13.4. The summed E-state index contributed by atoms with van der Waals surface area (Å²) in [6, 6.07) is 19.3. The third-order valence-corrected chi connectivity index (χ3v) is 5.92. The van der Waals surface area contributed by atoms with Gasteiger partial charge in [-0.05, 0) is 48.4 Å². The number of nitrogens with two attached hydrogens (primary N) is 1. The van der Waals surface area contributed by atoms with Crippen LogP contribution in [0.4, 0.5) is 5.82 Å². The van der Waals surface area contributed by atoms with Gasteiger partial charge in [0.25, 0.3) is 5.91 Å². The lowest BCUT2D eigenvalue weighted by Gasteiger charge is -2.24. The molecule has 1 unspecified atom stereocenters. The molecule has 33 heavy (non-hydrogen) atoms. The van der Waals surface area contributed by atoms with E-state index in [4.69, 9.17) is 10.5 Å². The zero-order valence-electron chi connectivity index (χ0n) is 18.2. The van der Waals surface area contributed by atoms with Gasteiger partial charge in [0.1, 0.15) is 11.5 Å². The highest BCUT2D eigenvalue weighted by Gasteiger charge is 2.25. The summed E-state index contributed by atoms with van der Waals surface area (Å²) in [5.74, 6) is 0.547. The number of fused-ring (bicyclic) bond motifs is 1. The Morgan fingerprint density at radius 1 is 1.06 bits per heavy atom. The van der Waals surface area contributed by atoms with Gasteiger partial charge in [-0.2, -0.15) is 0 Å². The number of rotatable bonds is 4. The zero-order valence-corrected chi connectivity index (χ0v) is 18.2. The molecule has 3 aromatic heterocycles. The molecule has 0 saturated carbocycles. The number of ether oxygens (including phenoxy) is 1. The summed E-state index contributed by atoms with van der Waals surface area (Å²) in [5, 5.41) is 1.15. The van der Waals surface area contributed by atoms with Crippen LogP contribution in [0, 0.1) is 5.92 Å². The van der Waals surface area contributed by atoms with Crippen LogP contribution in [-0.4, -0.2) is 52.1 Å². The number of anilines is 1.